The van der Waals surface area contributed by atoms with E-state index in [1.54, 1.807) is 12.1 Å². The van der Waals surface area contributed by atoms with Gasteiger partial charge in [0.05, 0.1) is 16.5 Å². The van der Waals surface area contributed by atoms with Crippen molar-refractivity contribution in [2.24, 2.45) is 0 Å². The Bertz CT molecular complexity index is 584. The summed E-state index contributed by atoms with van der Waals surface area (Å²) in [7, 11) is -3.58. The second kappa shape index (κ2) is 4.69. The van der Waals surface area contributed by atoms with Gasteiger partial charge in [0.1, 0.15) is 0 Å². The standard InChI is InChI=1S/C12H15N3O2S/c1-12(5-6-14-9-12)15-18(16,17)11-4-2-3-10(7-11)8-13/h2-4,7,14-15H,5-6,9H2,1H3. The van der Waals surface area contributed by atoms with Gasteiger partial charge in [0.15, 0.2) is 0 Å². The molecule has 1 fully saturated rings. The predicted molar refractivity (Wildman–Crippen MR) is 67.4 cm³/mol. The molecule has 5 nitrogen and oxygen atoms in total. The van der Waals surface area contributed by atoms with Crippen LogP contribution in [0, 0.1) is 11.3 Å². The molecule has 96 valence electrons. The number of hydrogen-bond donors (Lipinski definition) is 2. The first kappa shape index (κ1) is 13.0. The lowest BCUT2D eigenvalue weighted by Gasteiger charge is -2.24. The average Bonchev–Trinajstić information content (AvgIpc) is 2.75. The SMILES string of the molecule is CC1(NS(=O)(=O)c2cccc(C#N)c2)CCNC1. The molecule has 0 aliphatic carbocycles. The first-order chi connectivity index (χ1) is 8.45. The summed E-state index contributed by atoms with van der Waals surface area (Å²) in [6, 6.07) is 7.97. The summed E-state index contributed by atoms with van der Waals surface area (Å²) in [6.07, 6.45) is 0.754. The van der Waals surface area contributed by atoms with Crippen LogP contribution in [0.15, 0.2) is 29.2 Å². The quantitative estimate of drug-likeness (QED) is 0.838. The fraction of sp³-hybridized carbons (Fsp3) is 0.417. The number of nitriles is 1. The number of rotatable bonds is 3. The van der Waals surface area contributed by atoms with E-state index in [0.29, 0.717) is 12.1 Å². The monoisotopic (exact) mass is 265 g/mol. The van der Waals surface area contributed by atoms with Crippen molar-refractivity contribution in [3.63, 3.8) is 0 Å². The van der Waals surface area contributed by atoms with Gasteiger partial charge in [-0.2, -0.15) is 5.26 Å². The zero-order valence-electron chi connectivity index (χ0n) is 10.1. The molecule has 1 aliphatic rings. The predicted octanol–water partition coefficient (Wildman–Crippen LogP) is 0.589. The van der Waals surface area contributed by atoms with Crippen molar-refractivity contribution in [3.05, 3.63) is 29.8 Å². The maximum absolute atomic E-state index is 12.2. The molecule has 18 heavy (non-hydrogen) atoms. The number of nitrogens with zero attached hydrogens (tertiary/aromatic N) is 1. The van der Waals surface area contributed by atoms with Crippen LogP contribution < -0.4 is 10.0 Å². The highest BCUT2D eigenvalue weighted by atomic mass is 32.2. The highest BCUT2D eigenvalue weighted by Gasteiger charge is 2.33. The van der Waals surface area contributed by atoms with Crippen molar-refractivity contribution in [1.29, 1.82) is 5.26 Å². The van der Waals surface area contributed by atoms with Crippen LogP contribution in [0.4, 0.5) is 0 Å². The van der Waals surface area contributed by atoms with E-state index >= 15 is 0 Å². The molecule has 0 radical (unpaired) electrons. The molecule has 1 saturated heterocycles. The minimum absolute atomic E-state index is 0.134. The molecule has 1 aromatic rings. The van der Waals surface area contributed by atoms with E-state index < -0.39 is 15.6 Å². The topological polar surface area (TPSA) is 82.0 Å². The molecule has 1 unspecified atom stereocenters. The van der Waals surface area contributed by atoms with Crippen molar-refractivity contribution < 1.29 is 8.42 Å². The van der Waals surface area contributed by atoms with Gasteiger partial charge in [0.2, 0.25) is 10.0 Å². The Labute approximate surface area is 107 Å². The lowest BCUT2D eigenvalue weighted by molar-refractivity contribution is 0.452. The number of sulfonamides is 1. The Kier molecular flexibility index (Phi) is 3.39. The van der Waals surface area contributed by atoms with E-state index in [0.717, 1.165) is 13.0 Å². The second-order valence-electron chi connectivity index (χ2n) is 4.73. The number of nitrogens with one attached hydrogen (secondary N) is 2. The lowest BCUT2D eigenvalue weighted by atomic mass is 10.0. The third kappa shape index (κ3) is 2.70. The van der Waals surface area contributed by atoms with Crippen molar-refractivity contribution in [1.82, 2.24) is 10.0 Å². The summed E-state index contributed by atoms with van der Waals surface area (Å²) in [6.45, 7) is 3.29. The van der Waals surface area contributed by atoms with Gasteiger partial charge in [-0.05, 0) is 38.1 Å². The van der Waals surface area contributed by atoms with Gasteiger partial charge in [-0.1, -0.05) is 6.07 Å². The van der Waals surface area contributed by atoms with Crippen molar-refractivity contribution >= 4 is 10.0 Å². The molecule has 0 spiro atoms. The first-order valence-corrected chi connectivity index (χ1v) is 7.18. The summed E-state index contributed by atoms with van der Waals surface area (Å²) in [4.78, 5) is 0.134. The molecular formula is C12H15N3O2S. The van der Waals surface area contributed by atoms with E-state index in [2.05, 4.69) is 10.0 Å². The number of hydrogen-bond acceptors (Lipinski definition) is 4. The van der Waals surface area contributed by atoms with Crippen molar-refractivity contribution in [2.45, 2.75) is 23.8 Å². The molecule has 1 heterocycles. The third-order valence-corrected chi connectivity index (χ3v) is 4.66. The highest BCUT2D eigenvalue weighted by molar-refractivity contribution is 7.89. The Morgan fingerprint density at radius 3 is 2.89 bits per heavy atom. The Balaban J connectivity index is 2.28. The minimum atomic E-state index is -3.58. The Hall–Kier alpha value is -1.42. The zero-order chi connectivity index (χ0) is 13.2. The van der Waals surface area contributed by atoms with E-state index in [1.807, 2.05) is 13.0 Å². The average molecular weight is 265 g/mol. The molecule has 1 atom stereocenters. The largest absolute Gasteiger partial charge is 0.315 e. The van der Waals surface area contributed by atoms with Crippen LogP contribution in [0.25, 0.3) is 0 Å². The third-order valence-electron chi connectivity index (χ3n) is 3.02. The summed E-state index contributed by atoms with van der Waals surface area (Å²) in [5.74, 6) is 0. The first-order valence-electron chi connectivity index (χ1n) is 5.70. The van der Waals surface area contributed by atoms with Crippen LogP contribution in [-0.2, 0) is 10.0 Å². The molecule has 0 amide bonds. The lowest BCUT2D eigenvalue weighted by Crippen LogP contribution is -2.47. The number of benzene rings is 1. The molecule has 1 aromatic carbocycles. The van der Waals surface area contributed by atoms with Crippen LogP contribution >= 0.6 is 0 Å². The maximum atomic E-state index is 12.2. The van der Waals surface area contributed by atoms with Crippen molar-refractivity contribution in [2.75, 3.05) is 13.1 Å². The smallest absolute Gasteiger partial charge is 0.241 e. The van der Waals surface area contributed by atoms with Gasteiger partial charge < -0.3 is 5.32 Å². The molecular weight excluding hydrogens is 250 g/mol. The van der Waals surface area contributed by atoms with E-state index in [-0.39, 0.29) is 4.90 Å². The van der Waals surface area contributed by atoms with Crippen LogP contribution in [0.2, 0.25) is 0 Å². The van der Waals surface area contributed by atoms with Crippen molar-refractivity contribution in [3.8, 4) is 6.07 Å². The minimum Gasteiger partial charge on any atom is -0.315 e. The highest BCUT2D eigenvalue weighted by Crippen LogP contribution is 2.19. The fourth-order valence-electron chi connectivity index (χ4n) is 2.02. The fourth-order valence-corrected chi connectivity index (χ4v) is 3.50. The summed E-state index contributed by atoms with van der Waals surface area (Å²) in [5, 5.41) is 11.9. The van der Waals surface area contributed by atoms with E-state index in [9.17, 15) is 8.42 Å². The van der Waals surface area contributed by atoms with Gasteiger partial charge in [0, 0.05) is 12.1 Å². The Morgan fingerprint density at radius 2 is 2.28 bits per heavy atom. The molecule has 0 bridgehead atoms. The van der Waals surface area contributed by atoms with Crippen LogP contribution in [-0.4, -0.2) is 27.0 Å². The second-order valence-corrected chi connectivity index (χ2v) is 6.41. The molecule has 2 rings (SSSR count). The van der Waals surface area contributed by atoms with Crippen LogP contribution in [0.3, 0.4) is 0 Å². The maximum Gasteiger partial charge on any atom is 0.241 e. The summed E-state index contributed by atoms with van der Waals surface area (Å²) in [5.41, 5.74) is -0.117. The molecule has 0 saturated carbocycles. The molecule has 6 heteroatoms. The van der Waals surface area contributed by atoms with E-state index in [4.69, 9.17) is 5.26 Å². The molecule has 1 aliphatic heterocycles. The van der Waals surface area contributed by atoms with Gasteiger partial charge in [-0.25, -0.2) is 13.1 Å². The van der Waals surface area contributed by atoms with Crippen LogP contribution in [0.5, 0.6) is 0 Å². The van der Waals surface area contributed by atoms with Gasteiger partial charge in [0.25, 0.3) is 0 Å². The van der Waals surface area contributed by atoms with Gasteiger partial charge in [-0.15, -0.1) is 0 Å². The van der Waals surface area contributed by atoms with Crippen LogP contribution in [0.1, 0.15) is 18.9 Å². The van der Waals surface area contributed by atoms with E-state index in [1.165, 1.54) is 12.1 Å². The normalized spacial score (nSPS) is 23.8. The molecule has 2 N–H and O–H groups in total. The summed E-state index contributed by atoms with van der Waals surface area (Å²) < 4.78 is 27.1. The summed E-state index contributed by atoms with van der Waals surface area (Å²) >= 11 is 0. The zero-order valence-corrected chi connectivity index (χ0v) is 10.9. The van der Waals surface area contributed by atoms with Gasteiger partial charge >= 0.3 is 0 Å². The molecule has 0 aromatic heterocycles. The van der Waals surface area contributed by atoms with Gasteiger partial charge in [-0.3, -0.25) is 0 Å². The Morgan fingerprint density at radius 1 is 1.50 bits per heavy atom.